The lowest BCUT2D eigenvalue weighted by atomic mass is 10.2. The van der Waals surface area contributed by atoms with Crippen LogP contribution in [0.5, 0.6) is 11.5 Å². The standard InChI is InChI=1S/C14H12ClF2NO2/c1-20-10-2-3-13(19)8(4-10)7-18-14-11(15)5-9(16)6-12(14)17/h2-6,18-19H,7H2,1H3. The molecule has 2 aromatic carbocycles. The van der Waals surface area contributed by atoms with E-state index < -0.39 is 11.6 Å². The van der Waals surface area contributed by atoms with E-state index in [2.05, 4.69) is 5.32 Å². The van der Waals surface area contributed by atoms with Crippen molar-refractivity contribution in [3.05, 3.63) is 52.6 Å². The number of rotatable bonds is 4. The highest BCUT2D eigenvalue weighted by Gasteiger charge is 2.11. The van der Waals surface area contributed by atoms with Crippen molar-refractivity contribution in [3.8, 4) is 11.5 Å². The summed E-state index contributed by atoms with van der Waals surface area (Å²) in [6, 6.07) is 6.43. The number of aromatic hydroxyl groups is 1. The maximum absolute atomic E-state index is 13.6. The molecule has 2 rings (SSSR count). The van der Waals surface area contributed by atoms with Gasteiger partial charge >= 0.3 is 0 Å². The Balaban J connectivity index is 2.21. The molecular weight excluding hydrogens is 288 g/mol. The van der Waals surface area contributed by atoms with Gasteiger partial charge < -0.3 is 15.2 Å². The summed E-state index contributed by atoms with van der Waals surface area (Å²) < 4.78 is 31.5. The third-order valence-electron chi connectivity index (χ3n) is 2.75. The summed E-state index contributed by atoms with van der Waals surface area (Å²) in [4.78, 5) is 0. The van der Waals surface area contributed by atoms with E-state index >= 15 is 0 Å². The average molecular weight is 300 g/mol. The number of ether oxygens (including phenoxy) is 1. The Kier molecular flexibility index (Phi) is 4.29. The number of methoxy groups -OCH3 is 1. The lowest BCUT2D eigenvalue weighted by molar-refractivity contribution is 0.411. The van der Waals surface area contributed by atoms with E-state index in [1.54, 1.807) is 12.1 Å². The van der Waals surface area contributed by atoms with Gasteiger partial charge in [0.15, 0.2) is 5.82 Å². The molecule has 0 unspecified atom stereocenters. The highest BCUT2D eigenvalue weighted by atomic mass is 35.5. The van der Waals surface area contributed by atoms with Crippen LogP contribution in [0, 0.1) is 11.6 Å². The first-order valence-corrected chi connectivity index (χ1v) is 6.13. The Morgan fingerprint density at radius 3 is 2.65 bits per heavy atom. The largest absolute Gasteiger partial charge is 0.508 e. The molecular formula is C14H12ClF2NO2. The van der Waals surface area contributed by atoms with Crippen molar-refractivity contribution in [2.45, 2.75) is 6.54 Å². The van der Waals surface area contributed by atoms with Gasteiger partial charge in [0.05, 0.1) is 17.8 Å². The summed E-state index contributed by atoms with van der Waals surface area (Å²) in [6.45, 7) is 0.116. The lowest BCUT2D eigenvalue weighted by Crippen LogP contribution is -2.03. The molecule has 0 fully saturated rings. The van der Waals surface area contributed by atoms with E-state index in [0.29, 0.717) is 11.3 Å². The number of hydrogen-bond donors (Lipinski definition) is 2. The highest BCUT2D eigenvalue weighted by molar-refractivity contribution is 6.33. The van der Waals surface area contributed by atoms with Gasteiger partial charge in [0, 0.05) is 18.2 Å². The fourth-order valence-electron chi connectivity index (χ4n) is 1.73. The second-order valence-electron chi connectivity index (χ2n) is 4.09. The van der Waals surface area contributed by atoms with Gasteiger partial charge in [-0.15, -0.1) is 0 Å². The van der Waals surface area contributed by atoms with Gasteiger partial charge in [0.2, 0.25) is 0 Å². The van der Waals surface area contributed by atoms with E-state index in [0.717, 1.165) is 12.1 Å². The Morgan fingerprint density at radius 2 is 2.00 bits per heavy atom. The van der Waals surface area contributed by atoms with Crippen LogP contribution in [0.1, 0.15) is 5.56 Å². The lowest BCUT2D eigenvalue weighted by Gasteiger charge is -2.12. The predicted octanol–water partition coefficient (Wildman–Crippen LogP) is 3.94. The molecule has 0 aliphatic carbocycles. The average Bonchev–Trinajstić information content (AvgIpc) is 2.39. The van der Waals surface area contributed by atoms with Crippen LogP contribution in [-0.2, 0) is 6.54 Å². The number of phenolic OH excluding ortho intramolecular Hbond substituents is 1. The first kappa shape index (κ1) is 14.4. The van der Waals surface area contributed by atoms with E-state index in [4.69, 9.17) is 16.3 Å². The molecule has 0 bridgehead atoms. The van der Waals surface area contributed by atoms with Crippen molar-refractivity contribution in [2.24, 2.45) is 0 Å². The molecule has 0 aliphatic rings. The molecule has 2 N–H and O–H groups in total. The second-order valence-corrected chi connectivity index (χ2v) is 4.50. The number of halogens is 3. The van der Waals surface area contributed by atoms with Crippen molar-refractivity contribution in [1.82, 2.24) is 0 Å². The van der Waals surface area contributed by atoms with Gasteiger partial charge in [0.1, 0.15) is 17.3 Å². The fraction of sp³-hybridized carbons (Fsp3) is 0.143. The Hall–Kier alpha value is -2.01. The Labute approximate surface area is 119 Å². The molecule has 6 heteroatoms. The molecule has 20 heavy (non-hydrogen) atoms. The predicted molar refractivity (Wildman–Crippen MR) is 73.4 cm³/mol. The van der Waals surface area contributed by atoms with Gasteiger partial charge in [-0.3, -0.25) is 0 Å². The molecule has 106 valence electrons. The number of hydrogen-bond acceptors (Lipinski definition) is 3. The van der Waals surface area contributed by atoms with Crippen LogP contribution >= 0.6 is 11.6 Å². The minimum atomic E-state index is -0.794. The summed E-state index contributed by atoms with van der Waals surface area (Å²) >= 11 is 5.77. The first-order valence-electron chi connectivity index (χ1n) is 5.75. The molecule has 0 aromatic heterocycles. The van der Waals surface area contributed by atoms with Crippen molar-refractivity contribution in [3.63, 3.8) is 0 Å². The van der Waals surface area contributed by atoms with Gasteiger partial charge in [-0.25, -0.2) is 8.78 Å². The number of anilines is 1. The van der Waals surface area contributed by atoms with E-state index in [-0.39, 0.29) is 23.0 Å². The van der Waals surface area contributed by atoms with Gasteiger partial charge in [-0.05, 0) is 24.3 Å². The van der Waals surface area contributed by atoms with E-state index in [1.807, 2.05) is 0 Å². The van der Waals surface area contributed by atoms with Crippen molar-refractivity contribution in [2.75, 3.05) is 12.4 Å². The molecule has 0 atom stereocenters. The van der Waals surface area contributed by atoms with Crippen molar-refractivity contribution < 1.29 is 18.6 Å². The van der Waals surface area contributed by atoms with Gasteiger partial charge in [0.25, 0.3) is 0 Å². The number of benzene rings is 2. The summed E-state index contributed by atoms with van der Waals surface area (Å²) in [5.41, 5.74) is 0.486. The monoisotopic (exact) mass is 299 g/mol. The molecule has 0 spiro atoms. The zero-order chi connectivity index (χ0) is 14.7. The van der Waals surface area contributed by atoms with Gasteiger partial charge in [-0.1, -0.05) is 11.6 Å². The van der Waals surface area contributed by atoms with Gasteiger partial charge in [-0.2, -0.15) is 0 Å². The zero-order valence-electron chi connectivity index (χ0n) is 10.6. The molecule has 0 amide bonds. The van der Waals surface area contributed by atoms with E-state index in [1.165, 1.54) is 13.2 Å². The normalized spacial score (nSPS) is 10.4. The topological polar surface area (TPSA) is 41.5 Å². The van der Waals surface area contributed by atoms with Crippen LogP contribution in [-0.4, -0.2) is 12.2 Å². The second kappa shape index (κ2) is 5.96. The maximum atomic E-state index is 13.6. The van der Waals surface area contributed by atoms with E-state index in [9.17, 15) is 13.9 Å². The van der Waals surface area contributed by atoms with Crippen LogP contribution in [0.15, 0.2) is 30.3 Å². The third-order valence-corrected chi connectivity index (χ3v) is 3.05. The Bertz CT molecular complexity index is 612. The van der Waals surface area contributed by atoms with Crippen molar-refractivity contribution in [1.29, 1.82) is 0 Å². The van der Waals surface area contributed by atoms with Crippen LogP contribution in [0.25, 0.3) is 0 Å². The molecule has 0 saturated carbocycles. The summed E-state index contributed by atoms with van der Waals surface area (Å²) in [6.07, 6.45) is 0. The maximum Gasteiger partial charge on any atom is 0.150 e. The summed E-state index contributed by atoms with van der Waals surface area (Å²) in [7, 11) is 1.50. The number of phenols is 1. The molecule has 0 saturated heterocycles. The van der Waals surface area contributed by atoms with Crippen LogP contribution in [0.4, 0.5) is 14.5 Å². The minimum absolute atomic E-state index is 0.0183. The molecule has 0 aliphatic heterocycles. The Morgan fingerprint density at radius 1 is 1.25 bits per heavy atom. The highest BCUT2D eigenvalue weighted by Crippen LogP contribution is 2.29. The summed E-state index contributed by atoms with van der Waals surface area (Å²) in [5, 5.41) is 12.4. The minimum Gasteiger partial charge on any atom is -0.508 e. The number of nitrogens with one attached hydrogen (secondary N) is 1. The quantitative estimate of drug-likeness (QED) is 0.898. The van der Waals surface area contributed by atoms with Crippen LogP contribution < -0.4 is 10.1 Å². The van der Waals surface area contributed by atoms with Crippen molar-refractivity contribution >= 4 is 17.3 Å². The van der Waals surface area contributed by atoms with Crippen LogP contribution in [0.3, 0.4) is 0 Å². The molecule has 2 aromatic rings. The first-order chi connectivity index (χ1) is 9.51. The van der Waals surface area contributed by atoms with Crippen LogP contribution in [0.2, 0.25) is 5.02 Å². The molecule has 0 heterocycles. The fourth-order valence-corrected chi connectivity index (χ4v) is 1.99. The smallest absolute Gasteiger partial charge is 0.150 e. The SMILES string of the molecule is COc1ccc(O)c(CNc2c(F)cc(F)cc2Cl)c1. The molecule has 3 nitrogen and oxygen atoms in total. The zero-order valence-corrected chi connectivity index (χ0v) is 11.3. The third kappa shape index (κ3) is 3.11. The summed E-state index contributed by atoms with van der Waals surface area (Å²) in [5.74, 6) is -0.943. The molecule has 0 radical (unpaired) electrons.